The number of carbonyl (C=O) groups is 2. The number of nitrogens with zero attached hydrogens (tertiary/aromatic N) is 3. The van der Waals surface area contributed by atoms with Crippen LogP contribution in [0.5, 0.6) is 0 Å². The van der Waals surface area contributed by atoms with Gasteiger partial charge in [0, 0.05) is 38.9 Å². The van der Waals surface area contributed by atoms with Gasteiger partial charge in [-0.05, 0) is 48.8 Å². The van der Waals surface area contributed by atoms with Crippen LogP contribution < -0.4 is 5.32 Å². The standard InChI is InChI=1S/C29H38N4O3/c1-21(2)15-24(23-10-5-4-6-11-23)17-30-29(35)26-12-7-13-27-31-25(19-33(26)27)16-28(34)32-14-8-9-22(18-32)20-36-3/h4-7,10-13,19,21-22,24H,8-9,14-18,20H2,1-3H3,(H,30,35). The van der Waals surface area contributed by atoms with Crippen molar-refractivity contribution in [3.63, 3.8) is 0 Å². The number of hydrogen-bond acceptors (Lipinski definition) is 4. The van der Waals surface area contributed by atoms with E-state index in [1.54, 1.807) is 17.6 Å². The lowest BCUT2D eigenvalue weighted by atomic mass is 9.90. The van der Waals surface area contributed by atoms with Crippen LogP contribution >= 0.6 is 0 Å². The number of amides is 2. The van der Waals surface area contributed by atoms with Gasteiger partial charge in [-0.2, -0.15) is 0 Å². The third-order valence-corrected chi connectivity index (χ3v) is 6.92. The van der Waals surface area contributed by atoms with E-state index in [4.69, 9.17) is 4.74 Å². The van der Waals surface area contributed by atoms with Gasteiger partial charge in [0.1, 0.15) is 11.3 Å². The quantitative estimate of drug-likeness (QED) is 0.459. The van der Waals surface area contributed by atoms with E-state index in [9.17, 15) is 9.59 Å². The van der Waals surface area contributed by atoms with Gasteiger partial charge in [0.05, 0.1) is 18.7 Å². The molecule has 1 aliphatic heterocycles. The Morgan fingerprint density at radius 3 is 2.69 bits per heavy atom. The van der Waals surface area contributed by atoms with Gasteiger partial charge in [0.25, 0.3) is 5.91 Å². The Hall–Kier alpha value is -3.19. The average Bonchev–Trinajstić information content (AvgIpc) is 3.29. The summed E-state index contributed by atoms with van der Waals surface area (Å²) in [6, 6.07) is 15.9. The van der Waals surface area contributed by atoms with Crippen LogP contribution in [-0.4, -0.2) is 59.4 Å². The second kappa shape index (κ2) is 12.2. The topological polar surface area (TPSA) is 75.9 Å². The lowest BCUT2D eigenvalue weighted by Gasteiger charge is -2.32. The maximum absolute atomic E-state index is 13.2. The summed E-state index contributed by atoms with van der Waals surface area (Å²) < 4.78 is 7.08. The Kier molecular flexibility index (Phi) is 8.75. The fourth-order valence-corrected chi connectivity index (χ4v) is 5.20. The highest BCUT2D eigenvalue weighted by Crippen LogP contribution is 2.23. The van der Waals surface area contributed by atoms with E-state index in [1.807, 2.05) is 41.4 Å². The van der Waals surface area contributed by atoms with Crippen molar-refractivity contribution in [3.05, 3.63) is 71.7 Å². The van der Waals surface area contributed by atoms with Gasteiger partial charge in [0.15, 0.2) is 0 Å². The summed E-state index contributed by atoms with van der Waals surface area (Å²) >= 11 is 0. The van der Waals surface area contributed by atoms with Gasteiger partial charge in [-0.3, -0.25) is 14.0 Å². The monoisotopic (exact) mass is 490 g/mol. The van der Waals surface area contributed by atoms with Crippen LogP contribution in [-0.2, 0) is 16.0 Å². The largest absolute Gasteiger partial charge is 0.384 e. The van der Waals surface area contributed by atoms with Crippen molar-refractivity contribution in [1.29, 1.82) is 0 Å². The van der Waals surface area contributed by atoms with Crippen molar-refractivity contribution in [3.8, 4) is 0 Å². The zero-order chi connectivity index (χ0) is 25.5. The van der Waals surface area contributed by atoms with Crippen molar-refractivity contribution < 1.29 is 14.3 Å². The Morgan fingerprint density at radius 2 is 1.94 bits per heavy atom. The third-order valence-electron chi connectivity index (χ3n) is 6.92. The van der Waals surface area contributed by atoms with Crippen molar-refractivity contribution in [2.24, 2.45) is 11.8 Å². The summed E-state index contributed by atoms with van der Waals surface area (Å²) in [6.45, 7) is 7.16. The second-order valence-corrected chi connectivity index (χ2v) is 10.3. The van der Waals surface area contributed by atoms with E-state index in [-0.39, 0.29) is 24.2 Å². The average molecular weight is 491 g/mol. The number of fused-ring (bicyclic) bond motifs is 1. The molecule has 0 saturated carbocycles. The molecule has 7 nitrogen and oxygen atoms in total. The lowest BCUT2D eigenvalue weighted by molar-refractivity contribution is -0.132. The minimum atomic E-state index is -0.140. The fourth-order valence-electron chi connectivity index (χ4n) is 5.20. The molecule has 1 saturated heterocycles. The van der Waals surface area contributed by atoms with E-state index < -0.39 is 0 Å². The number of piperidine rings is 1. The summed E-state index contributed by atoms with van der Waals surface area (Å²) in [5, 5.41) is 3.14. The van der Waals surface area contributed by atoms with Crippen LogP contribution in [0.4, 0.5) is 0 Å². The molecule has 3 aromatic rings. The number of ether oxygens (including phenoxy) is 1. The molecule has 1 N–H and O–H groups in total. The van der Waals surface area contributed by atoms with Crippen LogP contribution in [0.3, 0.4) is 0 Å². The molecular formula is C29H38N4O3. The maximum Gasteiger partial charge on any atom is 0.268 e. The van der Waals surface area contributed by atoms with Gasteiger partial charge < -0.3 is 15.0 Å². The zero-order valence-corrected chi connectivity index (χ0v) is 21.7. The third kappa shape index (κ3) is 6.52. The molecule has 3 heterocycles. The van der Waals surface area contributed by atoms with Crippen LogP contribution in [0.25, 0.3) is 5.65 Å². The number of likely N-dealkylation sites (tertiary alicyclic amines) is 1. The molecule has 192 valence electrons. The molecule has 0 aliphatic carbocycles. The van der Waals surface area contributed by atoms with Crippen molar-refractivity contribution in [1.82, 2.24) is 19.6 Å². The lowest BCUT2D eigenvalue weighted by Crippen LogP contribution is -2.41. The zero-order valence-electron chi connectivity index (χ0n) is 21.7. The molecule has 1 aliphatic rings. The maximum atomic E-state index is 13.2. The Morgan fingerprint density at radius 1 is 1.14 bits per heavy atom. The molecular weight excluding hydrogens is 452 g/mol. The Balaban J connectivity index is 1.44. The van der Waals surface area contributed by atoms with Crippen LogP contribution in [0.2, 0.25) is 0 Å². The summed E-state index contributed by atoms with van der Waals surface area (Å²) in [4.78, 5) is 32.7. The van der Waals surface area contributed by atoms with Crippen molar-refractivity contribution >= 4 is 17.5 Å². The van der Waals surface area contributed by atoms with Crippen molar-refractivity contribution in [2.75, 3.05) is 33.4 Å². The minimum absolute atomic E-state index is 0.0737. The molecule has 0 spiro atoms. The van der Waals surface area contributed by atoms with Crippen molar-refractivity contribution in [2.45, 2.75) is 45.4 Å². The van der Waals surface area contributed by atoms with E-state index in [1.165, 1.54) is 5.56 Å². The Labute approximate surface area is 213 Å². The van der Waals surface area contributed by atoms with Crippen LogP contribution in [0.15, 0.2) is 54.7 Å². The number of imidazole rings is 1. The highest BCUT2D eigenvalue weighted by atomic mass is 16.5. The van der Waals surface area contributed by atoms with E-state index in [0.29, 0.717) is 42.0 Å². The first-order valence-corrected chi connectivity index (χ1v) is 13.0. The molecule has 2 amide bonds. The molecule has 0 radical (unpaired) electrons. The molecule has 2 atom stereocenters. The molecule has 1 fully saturated rings. The van der Waals surface area contributed by atoms with Gasteiger partial charge in [-0.1, -0.05) is 50.2 Å². The van der Waals surface area contributed by atoms with Gasteiger partial charge >= 0.3 is 0 Å². The summed E-state index contributed by atoms with van der Waals surface area (Å²) in [5.41, 5.74) is 3.10. The number of rotatable bonds is 10. The number of benzene rings is 1. The molecule has 0 bridgehead atoms. The normalized spacial score (nSPS) is 16.9. The van der Waals surface area contributed by atoms with Crippen LogP contribution in [0.1, 0.15) is 60.8 Å². The smallest absolute Gasteiger partial charge is 0.268 e. The summed E-state index contributed by atoms with van der Waals surface area (Å²) in [5.74, 6) is 1.09. The predicted octanol–water partition coefficient (Wildman–Crippen LogP) is 4.32. The highest BCUT2D eigenvalue weighted by molar-refractivity contribution is 5.93. The molecule has 36 heavy (non-hydrogen) atoms. The molecule has 4 rings (SSSR count). The summed E-state index contributed by atoms with van der Waals surface area (Å²) in [7, 11) is 1.71. The highest BCUT2D eigenvalue weighted by Gasteiger charge is 2.24. The number of hydrogen-bond donors (Lipinski definition) is 1. The predicted molar refractivity (Wildman–Crippen MR) is 141 cm³/mol. The molecule has 2 unspecified atom stereocenters. The molecule has 2 aromatic heterocycles. The SMILES string of the molecule is COCC1CCCN(C(=O)Cc2cn3c(C(=O)NCC(CC(C)C)c4ccccc4)cccc3n2)C1. The van der Waals surface area contributed by atoms with Gasteiger partial charge in [-0.25, -0.2) is 4.98 Å². The van der Waals surface area contributed by atoms with Gasteiger partial charge in [-0.15, -0.1) is 0 Å². The second-order valence-electron chi connectivity index (χ2n) is 10.3. The Bertz CT molecular complexity index is 1160. The number of carbonyl (C=O) groups excluding carboxylic acids is 2. The first-order chi connectivity index (χ1) is 17.4. The number of pyridine rings is 1. The van der Waals surface area contributed by atoms with E-state index >= 15 is 0 Å². The summed E-state index contributed by atoms with van der Waals surface area (Å²) in [6.07, 6.45) is 5.13. The number of aromatic nitrogens is 2. The molecule has 1 aromatic carbocycles. The first-order valence-electron chi connectivity index (χ1n) is 13.0. The van der Waals surface area contributed by atoms with Gasteiger partial charge in [0.2, 0.25) is 5.91 Å². The van der Waals surface area contributed by atoms with E-state index in [2.05, 4.69) is 36.3 Å². The fraction of sp³-hybridized carbons (Fsp3) is 0.483. The number of nitrogens with one attached hydrogen (secondary N) is 1. The molecule has 7 heteroatoms. The number of methoxy groups -OCH3 is 1. The first kappa shape index (κ1) is 25.9. The van der Waals surface area contributed by atoms with E-state index in [0.717, 1.165) is 32.4 Å². The van der Waals surface area contributed by atoms with Crippen LogP contribution in [0, 0.1) is 11.8 Å². The minimum Gasteiger partial charge on any atom is -0.384 e.